The Balaban J connectivity index is 2.34. The highest BCUT2D eigenvalue weighted by Crippen LogP contribution is 2.27. The molecule has 0 atom stereocenters. The Hall–Kier alpha value is -1.42. The first-order valence-electron chi connectivity index (χ1n) is 7.06. The summed E-state index contributed by atoms with van der Waals surface area (Å²) in [6.07, 6.45) is 5.27. The normalized spacial score (nSPS) is 10.4. The van der Waals surface area contributed by atoms with Crippen molar-refractivity contribution in [3.05, 3.63) is 18.2 Å². The first-order chi connectivity index (χ1) is 9.26. The maximum Gasteiger partial charge on any atom is 0.126 e. The Kier molecular flexibility index (Phi) is 7.82. The van der Waals surface area contributed by atoms with Crippen LogP contribution in [0.5, 0.6) is 17.2 Å². The summed E-state index contributed by atoms with van der Waals surface area (Å²) in [6, 6.07) is 5.03. The summed E-state index contributed by atoms with van der Waals surface area (Å²) >= 11 is 0. The number of aromatic hydroxyl groups is 1. The molecule has 0 amide bonds. The van der Waals surface area contributed by atoms with Gasteiger partial charge in [0.05, 0.1) is 13.2 Å². The molecule has 0 bridgehead atoms. The summed E-state index contributed by atoms with van der Waals surface area (Å²) in [5.41, 5.74) is 5.43. The summed E-state index contributed by atoms with van der Waals surface area (Å²) in [5, 5.41) is 9.59. The fourth-order valence-corrected chi connectivity index (χ4v) is 1.73. The molecule has 1 aromatic carbocycles. The predicted octanol–water partition coefficient (Wildman–Crippen LogP) is 3.08. The van der Waals surface area contributed by atoms with Gasteiger partial charge in [-0.05, 0) is 25.8 Å². The second kappa shape index (κ2) is 9.50. The average Bonchev–Trinajstić information content (AvgIpc) is 2.40. The standard InChI is InChI=1S/C15H25NO3/c1-2-8-18-14-10-13(17)11-15(12-14)19-9-6-4-3-5-7-16/h10-12,17H,2-9,16H2,1H3. The van der Waals surface area contributed by atoms with Crippen molar-refractivity contribution in [3.8, 4) is 17.2 Å². The van der Waals surface area contributed by atoms with E-state index in [4.69, 9.17) is 15.2 Å². The van der Waals surface area contributed by atoms with Gasteiger partial charge in [0.25, 0.3) is 0 Å². The van der Waals surface area contributed by atoms with Crippen LogP contribution in [0.25, 0.3) is 0 Å². The van der Waals surface area contributed by atoms with Gasteiger partial charge < -0.3 is 20.3 Å². The van der Waals surface area contributed by atoms with E-state index in [0.29, 0.717) is 24.7 Å². The van der Waals surface area contributed by atoms with E-state index in [2.05, 4.69) is 0 Å². The zero-order chi connectivity index (χ0) is 13.9. The number of unbranched alkanes of at least 4 members (excludes halogenated alkanes) is 3. The van der Waals surface area contributed by atoms with Crippen LogP contribution in [0.15, 0.2) is 18.2 Å². The van der Waals surface area contributed by atoms with Crippen molar-refractivity contribution in [1.82, 2.24) is 0 Å². The SMILES string of the molecule is CCCOc1cc(O)cc(OCCCCCCN)c1. The molecule has 0 unspecified atom stereocenters. The zero-order valence-corrected chi connectivity index (χ0v) is 11.7. The van der Waals surface area contributed by atoms with Gasteiger partial charge in [-0.15, -0.1) is 0 Å². The van der Waals surface area contributed by atoms with E-state index in [9.17, 15) is 5.11 Å². The van der Waals surface area contributed by atoms with Gasteiger partial charge in [0.2, 0.25) is 0 Å². The van der Waals surface area contributed by atoms with Crippen LogP contribution in [0.3, 0.4) is 0 Å². The number of rotatable bonds is 10. The van der Waals surface area contributed by atoms with E-state index in [1.165, 1.54) is 0 Å². The molecule has 0 heterocycles. The molecule has 108 valence electrons. The molecule has 0 saturated heterocycles. The molecule has 0 aliphatic carbocycles. The average molecular weight is 267 g/mol. The topological polar surface area (TPSA) is 64.7 Å². The first-order valence-corrected chi connectivity index (χ1v) is 7.06. The number of hydrogen-bond acceptors (Lipinski definition) is 4. The zero-order valence-electron chi connectivity index (χ0n) is 11.7. The molecule has 3 N–H and O–H groups in total. The number of phenols is 1. The van der Waals surface area contributed by atoms with Gasteiger partial charge >= 0.3 is 0 Å². The van der Waals surface area contributed by atoms with E-state index < -0.39 is 0 Å². The molecule has 0 aromatic heterocycles. The Morgan fingerprint density at radius 3 is 2.21 bits per heavy atom. The monoisotopic (exact) mass is 267 g/mol. The smallest absolute Gasteiger partial charge is 0.126 e. The van der Waals surface area contributed by atoms with Crippen LogP contribution in [0.1, 0.15) is 39.0 Å². The van der Waals surface area contributed by atoms with Crippen LogP contribution in [-0.2, 0) is 0 Å². The number of phenolic OH excluding ortho intramolecular Hbond substituents is 1. The van der Waals surface area contributed by atoms with Gasteiger partial charge in [-0.25, -0.2) is 0 Å². The van der Waals surface area contributed by atoms with Gasteiger partial charge in [0.1, 0.15) is 17.2 Å². The lowest BCUT2D eigenvalue weighted by molar-refractivity contribution is 0.292. The molecule has 4 nitrogen and oxygen atoms in total. The fraction of sp³-hybridized carbons (Fsp3) is 0.600. The molecular weight excluding hydrogens is 242 g/mol. The number of hydrogen-bond donors (Lipinski definition) is 2. The Bertz CT molecular complexity index is 355. The Morgan fingerprint density at radius 1 is 0.947 bits per heavy atom. The molecule has 0 aliphatic rings. The van der Waals surface area contributed by atoms with E-state index >= 15 is 0 Å². The van der Waals surface area contributed by atoms with Crippen LogP contribution in [0.2, 0.25) is 0 Å². The Morgan fingerprint density at radius 2 is 1.58 bits per heavy atom. The highest BCUT2D eigenvalue weighted by molar-refractivity contribution is 5.41. The molecular formula is C15H25NO3. The van der Waals surface area contributed by atoms with Crippen LogP contribution in [0, 0.1) is 0 Å². The molecule has 0 saturated carbocycles. The van der Waals surface area contributed by atoms with Crippen LogP contribution >= 0.6 is 0 Å². The predicted molar refractivity (Wildman–Crippen MR) is 76.9 cm³/mol. The number of nitrogens with two attached hydrogens (primary N) is 1. The molecule has 19 heavy (non-hydrogen) atoms. The van der Waals surface area contributed by atoms with Gasteiger partial charge in [-0.1, -0.05) is 19.8 Å². The third-order valence-electron chi connectivity index (χ3n) is 2.70. The first kappa shape index (κ1) is 15.6. The van der Waals surface area contributed by atoms with Crippen molar-refractivity contribution in [2.45, 2.75) is 39.0 Å². The minimum Gasteiger partial charge on any atom is -0.508 e. The number of benzene rings is 1. The van der Waals surface area contributed by atoms with Crippen LogP contribution in [-0.4, -0.2) is 24.9 Å². The highest BCUT2D eigenvalue weighted by atomic mass is 16.5. The molecule has 0 fully saturated rings. The van der Waals surface area contributed by atoms with E-state index in [1.54, 1.807) is 12.1 Å². The quantitative estimate of drug-likeness (QED) is 0.639. The summed E-state index contributed by atoms with van der Waals surface area (Å²) < 4.78 is 11.1. The van der Waals surface area contributed by atoms with E-state index in [0.717, 1.165) is 38.6 Å². The molecule has 1 rings (SSSR count). The minimum atomic E-state index is 0.173. The van der Waals surface area contributed by atoms with E-state index in [1.807, 2.05) is 13.0 Å². The van der Waals surface area contributed by atoms with Crippen molar-refractivity contribution in [2.75, 3.05) is 19.8 Å². The van der Waals surface area contributed by atoms with Crippen LogP contribution in [0.4, 0.5) is 0 Å². The lowest BCUT2D eigenvalue weighted by Gasteiger charge is -2.10. The number of ether oxygens (including phenoxy) is 2. The lowest BCUT2D eigenvalue weighted by Crippen LogP contribution is -2.01. The van der Waals surface area contributed by atoms with Gasteiger partial charge in [0, 0.05) is 18.2 Å². The van der Waals surface area contributed by atoms with Crippen LogP contribution < -0.4 is 15.2 Å². The van der Waals surface area contributed by atoms with Crippen molar-refractivity contribution in [2.24, 2.45) is 5.73 Å². The molecule has 4 heteroatoms. The molecule has 0 radical (unpaired) electrons. The third kappa shape index (κ3) is 6.91. The largest absolute Gasteiger partial charge is 0.508 e. The fourth-order valence-electron chi connectivity index (χ4n) is 1.73. The van der Waals surface area contributed by atoms with Crippen molar-refractivity contribution >= 4 is 0 Å². The summed E-state index contributed by atoms with van der Waals surface area (Å²) in [7, 11) is 0. The van der Waals surface area contributed by atoms with Gasteiger partial charge in [-0.2, -0.15) is 0 Å². The van der Waals surface area contributed by atoms with E-state index in [-0.39, 0.29) is 5.75 Å². The van der Waals surface area contributed by atoms with Gasteiger partial charge in [0.15, 0.2) is 0 Å². The summed E-state index contributed by atoms with van der Waals surface area (Å²) in [5.74, 6) is 1.48. The lowest BCUT2D eigenvalue weighted by atomic mass is 10.2. The van der Waals surface area contributed by atoms with Crippen molar-refractivity contribution in [1.29, 1.82) is 0 Å². The van der Waals surface area contributed by atoms with Gasteiger partial charge in [-0.3, -0.25) is 0 Å². The molecule has 0 spiro atoms. The molecule has 0 aliphatic heterocycles. The maximum atomic E-state index is 9.59. The van der Waals surface area contributed by atoms with Crippen molar-refractivity contribution < 1.29 is 14.6 Å². The van der Waals surface area contributed by atoms with Crippen molar-refractivity contribution in [3.63, 3.8) is 0 Å². The third-order valence-corrected chi connectivity index (χ3v) is 2.70. The maximum absolute atomic E-state index is 9.59. The second-order valence-corrected chi connectivity index (χ2v) is 4.56. The summed E-state index contributed by atoms with van der Waals surface area (Å²) in [4.78, 5) is 0. The second-order valence-electron chi connectivity index (χ2n) is 4.56. The highest BCUT2D eigenvalue weighted by Gasteiger charge is 2.02. The summed E-state index contributed by atoms with van der Waals surface area (Å²) in [6.45, 7) is 4.09. The minimum absolute atomic E-state index is 0.173. The molecule has 1 aromatic rings. The Labute approximate surface area is 115 Å².